The van der Waals surface area contributed by atoms with Gasteiger partial charge in [-0.2, -0.15) is 0 Å². The highest BCUT2D eigenvalue weighted by molar-refractivity contribution is 6.36. The van der Waals surface area contributed by atoms with Crippen molar-refractivity contribution >= 4 is 23.2 Å². The number of rotatable bonds is 6. The Balaban J connectivity index is 1.76. The molecule has 0 saturated carbocycles. The Morgan fingerprint density at radius 3 is 2.46 bits per heavy atom. The summed E-state index contributed by atoms with van der Waals surface area (Å²) in [5, 5.41) is 1.38. The van der Waals surface area contributed by atoms with Crippen molar-refractivity contribution in [3.05, 3.63) is 62.6 Å². The summed E-state index contributed by atoms with van der Waals surface area (Å²) < 4.78 is 11.6. The number of hydrogen-bond donors (Lipinski definition) is 0. The summed E-state index contributed by atoms with van der Waals surface area (Å²) in [7, 11) is 0. The second kappa shape index (κ2) is 9.09. The Labute approximate surface area is 165 Å². The molecule has 0 amide bonds. The molecule has 1 aliphatic rings. The topological polar surface area (TPSA) is 21.7 Å². The van der Waals surface area contributed by atoms with Gasteiger partial charge in [0.15, 0.2) is 0 Å². The first-order chi connectivity index (χ1) is 12.5. The molecule has 0 aromatic heterocycles. The van der Waals surface area contributed by atoms with Crippen molar-refractivity contribution in [1.82, 2.24) is 4.90 Å². The van der Waals surface area contributed by atoms with Crippen LogP contribution in [0.15, 0.2) is 30.3 Å². The SMILES string of the molecule is Cc1cc(C)c(OCCN2CCOCC2)c(Cc2c(Cl)cccc2Cl)c1. The lowest BCUT2D eigenvalue weighted by molar-refractivity contribution is 0.0321. The maximum absolute atomic E-state index is 6.37. The van der Waals surface area contributed by atoms with Gasteiger partial charge < -0.3 is 9.47 Å². The molecule has 1 saturated heterocycles. The molecule has 0 N–H and O–H groups in total. The van der Waals surface area contributed by atoms with E-state index in [1.165, 1.54) is 5.56 Å². The Bertz CT molecular complexity index is 738. The minimum atomic E-state index is 0.660. The highest BCUT2D eigenvalue weighted by atomic mass is 35.5. The summed E-state index contributed by atoms with van der Waals surface area (Å²) in [6, 6.07) is 9.95. The molecule has 0 spiro atoms. The summed E-state index contributed by atoms with van der Waals surface area (Å²) in [4.78, 5) is 2.37. The summed E-state index contributed by atoms with van der Waals surface area (Å²) >= 11 is 12.7. The van der Waals surface area contributed by atoms with E-state index < -0.39 is 0 Å². The molecule has 3 nitrogen and oxygen atoms in total. The molecule has 2 aromatic rings. The average molecular weight is 394 g/mol. The van der Waals surface area contributed by atoms with Crippen LogP contribution in [0.4, 0.5) is 0 Å². The molecule has 3 rings (SSSR count). The van der Waals surface area contributed by atoms with Gasteiger partial charge in [0.05, 0.1) is 13.2 Å². The second-order valence-electron chi connectivity index (χ2n) is 6.75. The first kappa shape index (κ1) is 19.5. The average Bonchev–Trinajstić information content (AvgIpc) is 2.61. The van der Waals surface area contributed by atoms with Gasteiger partial charge in [-0.3, -0.25) is 4.90 Å². The van der Waals surface area contributed by atoms with Crippen LogP contribution in [0, 0.1) is 13.8 Å². The zero-order valence-electron chi connectivity index (χ0n) is 15.4. The van der Waals surface area contributed by atoms with E-state index >= 15 is 0 Å². The van der Waals surface area contributed by atoms with Crippen LogP contribution in [-0.4, -0.2) is 44.4 Å². The van der Waals surface area contributed by atoms with E-state index in [2.05, 4.69) is 30.9 Å². The van der Waals surface area contributed by atoms with Gasteiger partial charge in [-0.05, 0) is 42.7 Å². The van der Waals surface area contributed by atoms with E-state index in [0.29, 0.717) is 23.1 Å². The minimum Gasteiger partial charge on any atom is -0.492 e. The van der Waals surface area contributed by atoms with Crippen LogP contribution in [-0.2, 0) is 11.2 Å². The molecule has 140 valence electrons. The number of halogens is 2. The van der Waals surface area contributed by atoms with E-state index in [1.54, 1.807) is 0 Å². The third kappa shape index (κ3) is 4.92. The van der Waals surface area contributed by atoms with E-state index in [0.717, 1.165) is 55.3 Å². The minimum absolute atomic E-state index is 0.660. The number of morpholine rings is 1. The highest BCUT2D eigenvalue weighted by Gasteiger charge is 2.15. The molecule has 1 aliphatic heterocycles. The van der Waals surface area contributed by atoms with E-state index in [4.69, 9.17) is 32.7 Å². The van der Waals surface area contributed by atoms with Crippen molar-refractivity contribution in [2.45, 2.75) is 20.3 Å². The van der Waals surface area contributed by atoms with E-state index in [1.807, 2.05) is 18.2 Å². The quantitative estimate of drug-likeness (QED) is 0.695. The lowest BCUT2D eigenvalue weighted by atomic mass is 9.99. The van der Waals surface area contributed by atoms with E-state index in [-0.39, 0.29) is 0 Å². The number of hydrogen-bond acceptors (Lipinski definition) is 3. The number of aryl methyl sites for hydroxylation is 2. The largest absolute Gasteiger partial charge is 0.492 e. The maximum atomic E-state index is 6.37. The normalized spacial score (nSPS) is 15.2. The van der Waals surface area contributed by atoms with Gasteiger partial charge in [-0.25, -0.2) is 0 Å². The molecule has 0 unspecified atom stereocenters. The fourth-order valence-electron chi connectivity index (χ4n) is 3.37. The van der Waals surface area contributed by atoms with Crippen LogP contribution in [0.2, 0.25) is 10.0 Å². The van der Waals surface area contributed by atoms with Crippen LogP contribution in [0.1, 0.15) is 22.3 Å². The predicted molar refractivity (Wildman–Crippen MR) is 108 cm³/mol. The predicted octanol–water partition coefficient (Wildman–Crippen LogP) is 4.91. The lowest BCUT2D eigenvalue weighted by Crippen LogP contribution is -2.38. The summed E-state index contributed by atoms with van der Waals surface area (Å²) in [6.07, 6.45) is 0.661. The van der Waals surface area contributed by atoms with Gasteiger partial charge in [-0.15, -0.1) is 0 Å². The molecule has 0 aliphatic carbocycles. The van der Waals surface area contributed by atoms with Crippen molar-refractivity contribution in [2.24, 2.45) is 0 Å². The standard InChI is InChI=1S/C21H25Cl2NO2/c1-15-12-16(2)21(26-11-8-24-6-9-25-10-7-24)17(13-15)14-18-19(22)4-3-5-20(18)23/h3-5,12-13H,6-11,14H2,1-2H3. The molecule has 1 heterocycles. The molecule has 1 fully saturated rings. The Morgan fingerprint density at radius 2 is 1.77 bits per heavy atom. The van der Waals surface area contributed by atoms with Crippen LogP contribution < -0.4 is 4.74 Å². The molecule has 0 atom stereocenters. The van der Waals surface area contributed by atoms with Crippen LogP contribution in [0.5, 0.6) is 5.75 Å². The van der Waals surface area contributed by atoms with Crippen molar-refractivity contribution in [3.8, 4) is 5.75 Å². The van der Waals surface area contributed by atoms with Crippen LogP contribution in [0.25, 0.3) is 0 Å². The fraction of sp³-hybridized carbons (Fsp3) is 0.429. The smallest absolute Gasteiger partial charge is 0.125 e. The molecule has 0 radical (unpaired) electrons. The molecular weight excluding hydrogens is 369 g/mol. The second-order valence-corrected chi connectivity index (χ2v) is 7.56. The van der Waals surface area contributed by atoms with Gasteiger partial charge in [0.2, 0.25) is 0 Å². The van der Waals surface area contributed by atoms with Gasteiger partial charge in [0.1, 0.15) is 12.4 Å². The highest BCUT2D eigenvalue weighted by Crippen LogP contribution is 2.32. The first-order valence-corrected chi connectivity index (χ1v) is 9.76. The maximum Gasteiger partial charge on any atom is 0.125 e. The van der Waals surface area contributed by atoms with Crippen molar-refractivity contribution < 1.29 is 9.47 Å². The first-order valence-electron chi connectivity index (χ1n) is 9.00. The van der Waals surface area contributed by atoms with Crippen molar-refractivity contribution in [2.75, 3.05) is 39.5 Å². The summed E-state index contributed by atoms with van der Waals surface area (Å²) in [5.41, 5.74) is 4.42. The lowest BCUT2D eigenvalue weighted by Gasteiger charge is -2.26. The van der Waals surface area contributed by atoms with Gasteiger partial charge in [0.25, 0.3) is 0 Å². The summed E-state index contributed by atoms with van der Waals surface area (Å²) in [6.45, 7) is 9.31. The van der Waals surface area contributed by atoms with Crippen molar-refractivity contribution in [1.29, 1.82) is 0 Å². The number of nitrogens with zero attached hydrogens (tertiary/aromatic N) is 1. The van der Waals surface area contributed by atoms with Gasteiger partial charge in [-0.1, -0.05) is 47.0 Å². The van der Waals surface area contributed by atoms with Gasteiger partial charge >= 0.3 is 0 Å². The van der Waals surface area contributed by atoms with Gasteiger partial charge in [0, 0.05) is 36.1 Å². The van der Waals surface area contributed by atoms with Crippen LogP contribution >= 0.6 is 23.2 Å². The molecule has 2 aromatic carbocycles. The summed E-state index contributed by atoms with van der Waals surface area (Å²) in [5.74, 6) is 0.944. The Hall–Kier alpha value is -1.26. The van der Waals surface area contributed by atoms with E-state index in [9.17, 15) is 0 Å². The Kier molecular flexibility index (Phi) is 6.82. The Morgan fingerprint density at radius 1 is 1.08 bits per heavy atom. The number of ether oxygens (including phenoxy) is 2. The number of benzene rings is 2. The zero-order chi connectivity index (χ0) is 18.5. The fourth-order valence-corrected chi connectivity index (χ4v) is 3.90. The monoisotopic (exact) mass is 393 g/mol. The zero-order valence-corrected chi connectivity index (χ0v) is 16.9. The molecule has 5 heteroatoms. The third-order valence-corrected chi connectivity index (χ3v) is 5.39. The third-order valence-electron chi connectivity index (χ3n) is 4.68. The van der Waals surface area contributed by atoms with Crippen LogP contribution in [0.3, 0.4) is 0 Å². The molecular formula is C21H25Cl2NO2. The van der Waals surface area contributed by atoms with Crippen molar-refractivity contribution in [3.63, 3.8) is 0 Å². The molecule has 0 bridgehead atoms. The molecule has 26 heavy (non-hydrogen) atoms.